The molecule has 4 aliphatic heterocycles. The number of aliphatic hydroxyl groups is 2. The summed E-state index contributed by atoms with van der Waals surface area (Å²) in [4.78, 5) is 43.8. The van der Waals surface area contributed by atoms with Crippen molar-refractivity contribution in [1.82, 2.24) is 9.80 Å². The molecule has 0 bridgehead atoms. The van der Waals surface area contributed by atoms with Gasteiger partial charge in [-0.15, -0.1) is 0 Å². The van der Waals surface area contributed by atoms with E-state index in [4.69, 9.17) is 9.47 Å². The van der Waals surface area contributed by atoms with Gasteiger partial charge in [0.2, 0.25) is 0 Å². The maximum absolute atomic E-state index is 14.0. The molecule has 4 heterocycles. The third-order valence-electron chi connectivity index (χ3n) is 13.9. The molecule has 12 nitrogen and oxygen atoms in total. The molecule has 348 valence electrons. The Bertz CT molecular complexity index is 2260. The molecule has 0 saturated heterocycles. The average Bonchev–Trinajstić information content (AvgIpc) is 3.71. The van der Waals surface area contributed by atoms with Crippen molar-refractivity contribution in [1.29, 1.82) is 0 Å². The first-order valence-corrected chi connectivity index (χ1v) is 23.1. The summed E-state index contributed by atoms with van der Waals surface area (Å²) < 4.78 is 13.1. The second-order valence-electron chi connectivity index (χ2n) is 19.7. The SMILES string of the molecule is CC(C)=CCC/C(C)=C/CC[C@]1(C)Oc2c(c(O)cc3c2CN(C(C)CC[C@@H](C(=O)O)N2Cc4c(cc(O)c5c4O[C@@](C)(CC/C=C(\C)CCC=C(C)C)[C@@H](O)C5)C2=O)C3=O)C[C@@H]1O. The molecule has 2 aromatic rings. The molecule has 0 fully saturated rings. The second-order valence-corrected chi connectivity index (χ2v) is 19.7. The molecule has 5 N–H and O–H groups in total. The van der Waals surface area contributed by atoms with Crippen LogP contribution in [-0.2, 0) is 30.7 Å². The Morgan fingerprint density at radius 3 is 1.53 bits per heavy atom. The molecule has 12 heteroatoms. The fourth-order valence-corrected chi connectivity index (χ4v) is 9.62. The first-order chi connectivity index (χ1) is 30.1. The van der Waals surface area contributed by atoms with E-state index in [0.29, 0.717) is 65.0 Å². The predicted octanol–water partition coefficient (Wildman–Crippen LogP) is 9.39. The summed E-state index contributed by atoms with van der Waals surface area (Å²) >= 11 is 0. The molecule has 0 aromatic heterocycles. The number of phenols is 2. The Balaban J connectivity index is 1.13. The Kier molecular flexibility index (Phi) is 14.8. The highest BCUT2D eigenvalue weighted by Crippen LogP contribution is 2.49. The summed E-state index contributed by atoms with van der Waals surface area (Å²) in [5.41, 5.74) is 5.54. The molecule has 1 unspecified atom stereocenters. The number of aliphatic hydroxyl groups excluding tert-OH is 2. The molecular formula is C52H70N2O10. The number of allylic oxidation sites excluding steroid dienone is 8. The summed E-state index contributed by atoms with van der Waals surface area (Å²) in [6.07, 6.45) is 13.7. The Morgan fingerprint density at radius 1 is 0.688 bits per heavy atom. The van der Waals surface area contributed by atoms with Crippen LogP contribution in [0, 0.1) is 0 Å². The van der Waals surface area contributed by atoms with Crippen LogP contribution in [0.15, 0.2) is 58.7 Å². The number of hydrogen-bond donors (Lipinski definition) is 5. The largest absolute Gasteiger partial charge is 0.508 e. The van der Waals surface area contributed by atoms with Crippen LogP contribution in [-0.4, -0.2) is 88.6 Å². The van der Waals surface area contributed by atoms with E-state index in [-0.39, 0.29) is 61.7 Å². The first-order valence-electron chi connectivity index (χ1n) is 23.1. The van der Waals surface area contributed by atoms with Crippen molar-refractivity contribution in [2.24, 2.45) is 0 Å². The van der Waals surface area contributed by atoms with Gasteiger partial charge >= 0.3 is 5.97 Å². The smallest absolute Gasteiger partial charge is 0.326 e. The van der Waals surface area contributed by atoms with Gasteiger partial charge in [-0.3, -0.25) is 9.59 Å². The lowest BCUT2D eigenvalue weighted by atomic mass is 9.84. The van der Waals surface area contributed by atoms with E-state index in [1.54, 1.807) is 4.90 Å². The number of fused-ring (bicyclic) bond motifs is 6. The topological polar surface area (TPSA) is 177 Å². The molecule has 0 aliphatic carbocycles. The molecule has 0 spiro atoms. The number of benzene rings is 2. The number of rotatable bonds is 18. The lowest BCUT2D eigenvalue weighted by molar-refractivity contribution is -0.142. The number of aliphatic carboxylic acids is 1. The zero-order valence-corrected chi connectivity index (χ0v) is 39.3. The van der Waals surface area contributed by atoms with E-state index in [9.17, 15) is 39.9 Å². The zero-order valence-electron chi connectivity index (χ0n) is 39.3. The van der Waals surface area contributed by atoms with Crippen LogP contribution in [0.1, 0.15) is 169 Å². The van der Waals surface area contributed by atoms with Gasteiger partial charge in [-0.05, 0) is 139 Å². The summed E-state index contributed by atoms with van der Waals surface area (Å²) in [7, 11) is 0. The van der Waals surface area contributed by atoms with Gasteiger partial charge in [-0.2, -0.15) is 0 Å². The van der Waals surface area contributed by atoms with Gasteiger partial charge in [0.05, 0.1) is 36.4 Å². The lowest BCUT2D eigenvalue weighted by Crippen LogP contribution is -2.49. The number of hydrogen-bond acceptors (Lipinski definition) is 9. The maximum atomic E-state index is 14.0. The van der Waals surface area contributed by atoms with E-state index in [2.05, 4.69) is 65.8 Å². The highest BCUT2D eigenvalue weighted by molar-refractivity contribution is 6.02. The minimum Gasteiger partial charge on any atom is -0.508 e. The molecule has 6 rings (SSSR count). The van der Waals surface area contributed by atoms with Crippen molar-refractivity contribution >= 4 is 17.8 Å². The quantitative estimate of drug-likeness (QED) is 0.0907. The average molecular weight is 883 g/mol. The highest BCUT2D eigenvalue weighted by atomic mass is 16.5. The summed E-state index contributed by atoms with van der Waals surface area (Å²) in [6, 6.07) is 1.09. The van der Waals surface area contributed by atoms with Crippen molar-refractivity contribution in [2.75, 3.05) is 0 Å². The lowest BCUT2D eigenvalue weighted by Gasteiger charge is -2.41. The second kappa shape index (κ2) is 19.6. The third kappa shape index (κ3) is 10.2. The van der Waals surface area contributed by atoms with Crippen LogP contribution in [0.25, 0.3) is 0 Å². The van der Waals surface area contributed by atoms with E-state index in [1.807, 2.05) is 20.8 Å². The molecule has 2 amide bonds. The van der Waals surface area contributed by atoms with Crippen LogP contribution in [0.5, 0.6) is 23.0 Å². The summed E-state index contributed by atoms with van der Waals surface area (Å²) in [5, 5.41) is 55.3. The van der Waals surface area contributed by atoms with E-state index in [1.165, 1.54) is 39.3 Å². The van der Waals surface area contributed by atoms with Crippen LogP contribution >= 0.6 is 0 Å². The van der Waals surface area contributed by atoms with Crippen molar-refractivity contribution in [3.05, 3.63) is 92.1 Å². The van der Waals surface area contributed by atoms with Crippen LogP contribution in [0.4, 0.5) is 0 Å². The monoisotopic (exact) mass is 883 g/mol. The van der Waals surface area contributed by atoms with Gasteiger partial charge < -0.3 is 44.8 Å². The summed E-state index contributed by atoms with van der Waals surface area (Å²) in [6.45, 7) is 18.2. The summed E-state index contributed by atoms with van der Waals surface area (Å²) in [5.74, 6) is -1.62. The predicted molar refractivity (Wildman–Crippen MR) is 247 cm³/mol. The van der Waals surface area contributed by atoms with Crippen LogP contribution in [0.3, 0.4) is 0 Å². The zero-order chi connectivity index (χ0) is 46.8. The van der Waals surface area contributed by atoms with Crippen molar-refractivity contribution < 1.29 is 49.4 Å². The number of carboxylic acids is 1. The van der Waals surface area contributed by atoms with Crippen LogP contribution < -0.4 is 9.47 Å². The normalized spacial score (nSPS) is 23.7. The Morgan fingerprint density at radius 2 is 1.11 bits per heavy atom. The molecule has 6 atom stereocenters. The van der Waals surface area contributed by atoms with Crippen LogP contribution in [0.2, 0.25) is 0 Å². The third-order valence-corrected chi connectivity index (χ3v) is 13.9. The van der Waals surface area contributed by atoms with Gasteiger partial charge in [0.1, 0.15) is 40.2 Å². The standard InChI is InChI=1S/C52H70N2O10/c1-30(2)14-10-16-32(5)18-12-22-51(8)44(57)26-37-42(55)24-35-39(46(37)63-51)28-53(48(35)59)34(7)20-21-41(50(61)62)54-29-40-36(49(54)60)25-43(56)38-27-45(58)52(9,64-47(38)40)23-13-19-33(6)17-11-15-31(3)4/h14-15,18-19,24-25,34,41,44-45,55-58H,10-13,16-17,20-23,26-29H2,1-9H3,(H,61,62)/b32-18+,33-19+/t34?,41-,44-,45-,51-,52-/m0/s1. The molecule has 0 saturated carbocycles. The number of aromatic hydroxyl groups is 2. The van der Waals surface area contributed by atoms with E-state index >= 15 is 0 Å². The van der Waals surface area contributed by atoms with Crippen molar-refractivity contribution in [2.45, 2.75) is 188 Å². The first kappa shape index (κ1) is 48.4. The van der Waals surface area contributed by atoms with Gasteiger partial charge in [0.25, 0.3) is 11.8 Å². The minimum absolute atomic E-state index is 0.0342. The van der Waals surface area contributed by atoms with Gasteiger partial charge in [-0.1, -0.05) is 46.6 Å². The van der Waals surface area contributed by atoms with Crippen molar-refractivity contribution in [3.63, 3.8) is 0 Å². The minimum atomic E-state index is -1.24. The fraction of sp³-hybridized carbons (Fsp3) is 0.558. The van der Waals surface area contributed by atoms with E-state index < -0.39 is 47.4 Å². The maximum Gasteiger partial charge on any atom is 0.326 e. The Hall–Kier alpha value is -5.07. The van der Waals surface area contributed by atoms with Gasteiger partial charge in [0.15, 0.2) is 0 Å². The molecule has 2 aromatic carbocycles. The number of nitrogens with zero attached hydrogens (tertiary/aromatic N) is 2. The van der Waals surface area contributed by atoms with E-state index in [0.717, 1.165) is 25.7 Å². The fourth-order valence-electron chi connectivity index (χ4n) is 9.62. The number of ether oxygens (including phenoxy) is 2. The highest BCUT2D eigenvalue weighted by Gasteiger charge is 2.47. The molecular weight excluding hydrogens is 813 g/mol. The number of carboxylic acid groups (broad SMARTS) is 1. The van der Waals surface area contributed by atoms with Crippen molar-refractivity contribution in [3.8, 4) is 23.0 Å². The Labute approximate surface area is 379 Å². The number of carbonyl (C=O) groups is 3. The number of amides is 2. The molecule has 64 heavy (non-hydrogen) atoms. The molecule has 0 radical (unpaired) electrons. The number of phenolic OH excluding ortho intramolecular Hbond substituents is 2. The molecule has 4 aliphatic rings. The van der Waals surface area contributed by atoms with Gasteiger partial charge in [-0.25, -0.2) is 4.79 Å². The van der Waals surface area contributed by atoms with Gasteiger partial charge in [0, 0.05) is 41.1 Å². The number of carbonyl (C=O) groups excluding carboxylic acids is 2.